The number of aromatic nitrogens is 5. The van der Waals surface area contributed by atoms with Crippen molar-refractivity contribution in [1.82, 2.24) is 35.5 Å². The largest absolute Gasteiger partial charge is 0.338 e. The molecule has 174 valence electrons. The summed E-state index contributed by atoms with van der Waals surface area (Å²) >= 11 is 0. The summed E-state index contributed by atoms with van der Waals surface area (Å²) in [5.41, 5.74) is 3.96. The normalized spacial score (nSPS) is 10.6. The van der Waals surface area contributed by atoms with E-state index in [0.717, 1.165) is 30.7 Å². The van der Waals surface area contributed by atoms with Gasteiger partial charge < -0.3 is 5.32 Å². The van der Waals surface area contributed by atoms with Gasteiger partial charge in [0.1, 0.15) is 11.5 Å². The summed E-state index contributed by atoms with van der Waals surface area (Å²) in [7, 11) is 0. The minimum Gasteiger partial charge on any atom is -0.338 e. The molecule has 0 saturated carbocycles. The first-order chi connectivity index (χ1) is 16.0. The Morgan fingerprint density at radius 1 is 1.06 bits per heavy atom. The first-order valence-electron chi connectivity index (χ1n) is 10.8. The van der Waals surface area contributed by atoms with Crippen molar-refractivity contribution in [2.75, 3.05) is 11.9 Å². The smallest absolute Gasteiger partial charge is 0.320 e. The van der Waals surface area contributed by atoms with Gasteiger partial charge >= 0.3 is 6.03 Å². The fourth-order valence-electron chi connectivity index (χ4n) is 3.26. The zero-order chi connectivity index (χ0) is 23.6. The number of urea groups is 1. The minimum absolute atomic E-state index is 0.286. The number of amides is 3. The van der Waals surface area contributed by atoms with E-state index < -0.39 is 0 Å². The van der Waals surface area contributed by atoms with Gasteiger partial charge in [0, 0.05) is 30.9 Å². The van der Waals surface area contributed by atoms with Gasteiger partial charge in [-0.15, -0.1) is 0 Å². The second-order valence-corrected chi connectivity index (χ2v) is 7.57. The molecule has 0 atom stereocenters. The van der Waals surface area contributed by atoms with E-state index in [1.807, 2.05) is 32.0 Å². The van der Waals surface area contributed by atoms with E-state index in [9.17, 15) is 9.59 Å². The quantitative estimate of drug-likeness (QED) is 0.210. The standard InChI is InChI=1S/C22H28N8O3/c1-15-13-16(2)30(28-15)19-14-18(25-21(27-19)17-9-6-8-11-23-17)26-22(32)24-12-7-4-3-5-10-20(31)29-33/h6,8-9,11,13-14,33H,3-5,7,10,12H2,1-2H3,(H,29,31)(H2,24,25,26,27,32). The van der Waals surface area contributed by atoms with Gasteiger partial charge in [-0.2, -0.15) is 5.10 Å². The van der Waals surface area contributed by atoms with Crippen LogP contribution in [0.15, 0.2) is 36.5 Å². The summed E-state index contributed by atoms with van der Waals surface area (Å²) in [6.45, 7) is 4.32. The van der Waals surface area contributed by atoms with Gasteiger partial charge in [-0.25, -0.2) is 24.9 Å². The molecule has 0 aliphatic rings. The van der Waals surface area contributed by atoms with Gasteiger partial charge in [0.2, 0.25) is 5.91 Å². The van der Waals surface area contributed by atoms with E-state index in [1.54, 1.807) is 28.5 Å². The van der Waals surface area contributed by atoms with Gasteiger partial charge in [0.05, 0.1) is 5.69 Å². The Morgan fingerprint density at radius 2 is 1.88 bits per heavy atom. The van der Waals surface area contributed by atoms with E-state index in [4.69, 9.17) is 5.21 Å². The molecule has 3 amide bonds. The third-order valence-corrected chi connectivity index (χ3v) is 4.82. The lowest BCUT2D eigenvalue weighted by atomic mass is 10.1. The van der Waals surface area contributed by atoms with Gasteiger partial charge in [0.25, 0.3) is 0 Å². The molecule has 0 spiro atoms. The predicted molar refractivity (Wildman–Crippen MR) is 122 cm³/mol. The van der Waals surface area contributed by atoms with Gasteiger partial charge in [0.15, 0.2) is 11.6 Å². The molecule has 0 aromatic carbocycles. The van der Waals surface area contributed by atoms with E-state index in [1.165, 1.54) is 0 Å². The average molecular weight is 453 g/mol. The summed E-state index contributed by atoms with van der Waals surface area (Å²) in [5.74, 6) is 0.851. The molecule has 0 aliphatic heterocycles. The molecule has 0 saturated heterocycles. The van der Waals surface area contributed by atoms with Crippen LogP contribution in [-0.4, -0.2) is 48.4 Å². The summed E-state index contributed by atoms with van der Waals surface area (Å²) < 4.78 is 1.70. The van der Waals surface area contributed by atoms with Crippen LogP contribution in [0.2, 0.25) is 0 Å². The van der Waals surface area contributed by atoms with Gasteiger partial charge in [-0.1, -0.05) is 18.9 Å². The highest BCUT2D eigenvalue weighted by atomic mass is 16.5. The van der Waals surface area contributed by atoms with Crippen molar-refractivity contribution in [1.29, 1.82) is 0 Å². The van der Waals surface area contributed by atoms with Crippen LogP contribution in [0, 0.1) is 13.8 Å². The maximum absolute atomic E-state index is 12.4. The number of hydrogen-bond donors (Lipinski definition) is 4. The van der Waals surface area contributed by atoms with Crippen molar-refractivity contribution in [3.8, 4) is 17.3 Å². The Bertz CT molecular complexity index is 1080. The Hall–Kier alpha value is -3.86. The predicted octanol–water partition coefficient (Wildman–Crippen LogP) is 2.92. The number of nitrogens with zero attached hydrogens (tertiary/aromatic N) is 5. The van der Waals surface area contributed by atoms with Gasteiger partial charge in [-0.3, -0.25) is 20.3 Å². The molecule has 0 fully saturated rings. The minimum atomic E-state index is -0.387. The highest BCUT2D eigenvalue weighted by Gasteiger charge is 2.13. The van der Waals surface area contributed by atoms with E-state index in [0.29, 0.717) is 36.1 Å². The number of aryl methyl sites for hydroxylation is 2. The van der Waals surface area contributed by atoms with Gasteiger partial charge in [-0.05, 0) is 44.9 Å². The SMILES string of the molecule is Cc1cc(C)n(-c2cc(NC(=O)NCCCCCCC(=O)NO)nc(-c3ccccn3)n2)n1. The number of rotatable bonds is 10. The number of carbonyl (C=O) groups excluding carboxylic acids is 2. The third-order valence-electron chi connectivity index (χ3n) is 4.82. The van der Waals surface area contributed by atoms with Crippen LogP contribution < -0.4 is 16.1 Å². The maximum atomic E-state index is 12.4. The number of hydrogen-bond acceptors (Lipinski definition) is 7. The molecule has 0 unspecified atom stereocenters. The van der Waals surface area contributed by atoms with E-state index >= 15 is 0 Å². The first-order valence-corrected chi connectivity index (χ1v) is 10.8. The molecule has 0 bridgehead atoms. The summed E-state index contributed by atoms with van der Waals surface area (Å²) in [4.78, 5) is 36.7. The molecule has 0 aliphatic carbocycles. The molecule has 3 aromatic heterocycles. The Kier molecular flexibility index (Phi) is 8.42. The van der Waals surface area contributed by atoms with Crippen molar-refractivity contribution in [3.05, 3.63) is 47.9 Å². The van der Waals surface area contributed by atoms with Crippen LogP contribution in [0.1, 0.15) is 43.5 Å². The fraction of sp³-hybridized carbons (Fsp3) is 0.364. The second-order valence-electron chi connectivity index (χ2n) is 7.57. The van der Waals surface area contributed by atoms with Crippen LogP contribution in [0.5, 0.6) is 0 Å². The van der Waals surface area contributed by atoms with Crippen molar-refractivity contribution >= 4 is 17.8 Å². The lowest BCUT2D eigenvalue weighted by Crippen LogP contribution is -2.30. The molecular formula is C22H28N8O3. The number of carbonyl (C=O) groups is 2. The molecular weight excluding hydrogens is 424 g/mol. The number of nitrogens with one attached hydrogen (secondary N) is 3. The molecule has 3 aromatic rings. The third kappa shape index (κ3) is 7.07. The Balaban J connectivity index is 1.63. The molecule has 4 N–H and O–H groups in total. The Labute approximate surface area is 191 Å². The van der Waals surface area contributed by atoms with E-state index in [2.05, 4.69) is 30.7 Å². The number of hydroxylamine groups is 1. The fourth-order valence-corrected chi connectivity index (χ4v) is 3.26. The monoisotopic (exact) mass is 452 g/mol. The molecule has 11 heteroatoms. The summed E-state index contributed by atoms with van der Waals surface area (Å²) in [5, 5.41) is 18.5. The molecule has 0 radical (unpaired) electrons. The highest BCUT2D eigenvalue weighted by Crippen LogP contribution is 2.19. The summed E-state index contributed by atoms with van der Waals surface area (Å²) in [6.07, 6.45) is 5.10. The molecule has 33 heavy (non-hydrogen) atoms. The number of unbranched alkanes of at least 4 members (excludes halogenated alkanes) is 3. The van der Waals surface area contributed by atoms with Crippen LogP contribution in [-0.2, 0) is 4.79 Å². The lowest BCUT2D eigenvalue weighted by Gasteiger charge is -2.11. The second kappa shape index (κ2) is 11.7. The first kappa shape index (κ1) is 23.8. The van der Waals surface area contributed by atoms with Crippen LogP contribution in [0.25, 0.3) is 17.3 Å². The zero-order valence-corrected chi connectivity index (χ0v) is 18.7. The van der Waals surface area contributed by atoms with Crippen LogP contribution in [0.3, 0.4) is 0 Å². The van der Waals surface area contributed by atoms with Crippen molar-refractivity contribution < 1.29 is 14.8 Å². The topological polar surface area (TPSA) is 147 Å². The zero-order valence-electron chi connectivity index (χ0n) is 18.7. The van der Waals surface area contributed by atoms with Crippen molar-refractivity contribution in [2.24, 2.45) is 0 Å². The van der Waals surface area contributed by atoms with E-state index in [-0.39, 0.29) is 18.4 Å². The van der Waals surface area contributed by atoms with Crippen molar-refractivity contribution in [3.63, 3.8) is 0 Å². The maximum Gasteiger partial charge on any atom is 0.320 e. The van der Waals surface area contributed by atoms with Crippen molar-refractivity contribution in [2.45, 2.75) is 46.0 Å². The Morgan fingerprint density at radius 3 is 2.58 bits per heavy atom. The van der Waals surface area contributed by atoms with Crippen LogP contribution >= 0.6 is 0 Å². The summed E-state index contributed by atoms with van der Waals surface area (Å²) in [6, 6.07) is 8.68. The number of pyridine rings is 1. The highest BCUT2D eigenvalue weighted by molar-refractivity contribution is 5.88. The molecule has 3 rings (SSSR count). The molecule has 3 heterocycles. The molecule has 11 nitrogen and oxygen atoms in total. The lowest BCUT2D eigenvalue weighted by molar-refractivity contribution is -0.129. The van der Waals surface area contributed by atoms with Crippen LogP contribution in [0.4, 0.5) is 10.6 Å². The number of anilines is 1. The average Bonchev–Trinajstić information content (AvgIpc) is 3.16.